The van der Waals surface area contributed by atoms with Gasteiger partial charge < -0.3 is 15.5 Å². The van der Waals surface area contributed by atoms with E-state index in [1.165, 1.54) is 27.8 Å². The van der Waals surface area contributed by atoms with E-state index in [1.807, 2.05) is 36.1 Å². The summed E-state index contributed by atoms with van der Waals surface area (Å²) >= 11 is 1.26. The summed E-state index contributed by atoms with van der Waals surface area (Å²) < 4.78 is 1.71. The van der Waals surface area contributed by atoms with Crippen LogP contribution in [0.5, 0.6) is 0 Å². The second kappa shape index (κ2) is 10.3. The highest BCUT2D eigenvalue weighted by atomic mass is 32.1. The maximum Gasteiger partial charge on any atom is 0.273 e. The molecule has 3 aromatic rings. The Morgan fingerprint density at radius 2 is 2.00 bits per heavy atom. The van der Waals surface area contributed by atoms with Crippen LogP contribution in [0.3, 0.4) is 0 Å². The standard InChI is InChI=1S/C24H30N6O3S/c1-4-25-22(32)17-6-5-11-29(12-17)24-28-21-20(34-24)23(33)30(14-26-21)13-19(31)27-18-9-7-16(8-10-18)15(2)3/h7-10,14-15,17H,4-6,11-13H2,1-3H3,(H,25,32)(H,27,31)/t17-/m1/s1. The van der Waals surface area contributed by atoms with Crippen LogP contribution in [0.15, 0.2) is 35.4 Å². The Bertz CT molecular complexity index is 1230. The number of hydrogen-bond acceptors (Lipinski definition) is 7. The molecule has 1 fully saturated rings. The number of rotatable bonds is 7. The molecule has 0 unspecified atom stereocenters. The Morgan fingerprint density at radius 3 is 2.71 bits per heavy atom. The van der Waals surface area contributed by atoms with Gasteiger partial charge in [0, 0.05) is 25.3 Å². The lowest BCUT2D eigenvalue weighted by molar-refractivity contribution is -0.125. The van der Waals surface area contributed by atoms with E-state index in [-0.39, 0.29) is 29.8 Å². The molecule has 10 heteroatoms. The molecule has 1 aliphatic rings. The number of hydrogen-bond donors (Lipinski definition) is 2. The molecular formula is C24H30N6O3S. The minimum Gasteiger partial charge on any atom is -0.356 e. The Morgan fingerprint density at radius 1 is 1.24 bits per heavy atom. The first-order valence-electron chi connectivity index (χ1n) is 11.6. The van der Waals surface area contributed by atoms with E-state index in [4.69, 9.17) is 0 Å². The SMILES string of the molecule is CCNC(=O)[C@@H]1CCCN(c2nc3ncn(CC(=O)Nc4ccc(C(C)C)cc4)c(=O)c3s2)C1. The fourth-order valence-electron chi connectivity index (χ4n) is 4.07. The number of amides is 2. The van der Waals surface area contributed by atoms with Crippen LogP contribution in [0.2, 0.25) is 0 Å². The zero-order valence-corrected chi connectivity index (χ0v) is 20.5. The quantitative estimate of drug-likeness (QED) is 0.536. The second-order valence-electron chi connectivity index (χ2n) is 8.83. The third-order valence-electron chi connectivity index (χ3n) is 5.96. The van der Waals surface area contributed by atoms with Gasteiger partial charge in [-0.15, -0.1) is 0 Å². The van der Waals surface area contributed by atoms with E-state index < -0.39 is 0 Å². The topological polar surface area (TPSA) is 109 Å². The number of carbonyl (C=O) groups is 2. The van der Waals surface area contributed by atoms with E-state index in [0.717, 1.165) is 19.4 Å². The molecule has 0 bridgehead atoms. The summed E-state index contributed by atoms with van der Waals surface area (Å²) in [6, 6.07) is 7.69. The number of aromatic nitrogens is 3. The first kappa shape index (κ1) is 23.9. The van der Waals surface area contributed by atoms with Crippen molar-refractivity contribution in [2.75, 3.05) is 29.9 Å². The molecule has 2 N–H and O–H groups in total. The summed E-state index contributed by atoms with van der Waals surface area (Å²) in [5, 5.41) is 6.40. The molecule has 0 saturated carbocycles. The molecule has 1 saturated heterocycles. The smallest absolute Gasteiger partial charge is 0.273 e. The van der Waals surface area contributed by atoms with Crippen LogP contribution in [-0.4, -0.2) is 46.0 Å². The zero-order valence-electron chi connectivity index (χ0n) is 19.7. The van der Waals surface area contributed by atoms with E-state index >= 15 is 0 Å². The predicted molar refractivity (Wildman–Crippen MR) is 134 cm³/mol. The van der Waals surface area contributed by atoms with Crippen LogP contribution in [-0.2, 0) is 16.1 Å². The number of carbonyl (C=O) groups excluding carboxylic acids is 2. The fraction of sp³-hybridized carbons (Fsp3) is 0.458. The predicted octanol–water partition coefficient (Wildman–Crippen LogP) is 2.97. The first-order valence-corrected chi connectivity index (χ1v) is 12.5. The monoisotopic (exact) mass is 482 g/mol. The largest absolute Gasteiger partial charge is 0.356 e. The van der Waals surface area contributed by atoms with Crippen LogP contribution in [0.25, 0.3) is 10.3 Å². The van der Waals surface area contributed by atoms with Crippen molar-refractivity contribution in [3.8, 4) is 0 Å². The average Bonchev–Trinajstić information content (AvgIpc) is 3.27. The molecule has 1 aromatic carbocycles. The molecule has 0 radical (unpaired) electrons. The molecule has 0 aliphatic carbocycles. The van der Waals surface area contributed by atoms with Gasteiger partial charge in [-0.1, -0.05) is 37.3 Å². The minimum atomic E-state index is -0.300. The van der Waals surface area contributed by atoms with Crippen LogP contribution in [0.4, 0.5) is 10.8 Å². The molecular weight excluding hydrogens is 452 g/mol. The number of nitrogens with one attached hydrogen (secondary N) is 2. The van der Waals surface area contributed by atoms with Gasteiger partial charge in [0.25, 0.3) is 5.56 Å². The van der Waals surface area contributed by atoms with Gasteiger partial charge in [-0.05, 0) is 43.4 Å². The fourth-order valence-corrected chi connectivity index (χ4v) is 5.08. The van der Waals surface area contributed by atoms with E-state index in [0.29, 0.717) is 40.2 Å². The van der Waals surface area contributed by atoms with Crippen LogP contribution in [0, 0.1) is 5.92 Å². The molecule has 9 nitrogen and oxygen atoms in total. The minimum absolute atomic E-state index is 0.0543. The second-order valence-corrected chi connectivity index (χ2v) is 9.81. The molecule has 1 aliphatic heterocycles. The van der Waals surface area contributed by atoms with Crippen molar-refractivity contribution in [1.82, 2.24) is 19.9 Å². The highest BCUT2D eigenvalue weighted by Gasteiger charge is 2.27. The third-order valence-corrected chi connectivity index (χ3v) is 7.05. The summed E-state index contributed by atoms with van der Waals surface area (Å²) in [4.78, 5) is 48.7. The number of thiazole rings is 1. The lowest BCUT2D eigenvalue weighted by atomic mass is 9.97. The van der Waals surface area contributed by atoms with Gasteiger partial charge in [-0.25, -0.2) is 4.98 Å². The average molecular weight is 483 g/mol. The molecule has 3 heterocycles. The van der Waals surface area contributed by atoms with E-state index in [9.17, 15) is 14.4 Å². The third kappa shape index (κ3) is 5.27. The molecule has 34 heavy (non-hydrogen) atoms. The first-order chi connectivity index (χ1) is 16.4. The number of piperidine rings is 1. The van der Waals surface area contributed by atoms with Crippen molar-refractivity contribution >= 4 is 44.3 Å². The van der Waals surface area contributed by atoms with Crippen molar-refractivity contribution in [3.05, 3.63) is 46.5 Å². The van der Waals surface area contributed by atoms with Gasteiger partial charge in [0.05, 0.1) is 5.92 Å². The highest BCUT2D eigenvalue weighted by molar-refractivity contribution is 7.22. The summed E-state index contributed by atoms with van der Waals surface area (Å²) in [5.41, 5.74) is 1.95. The van der Waals surface area contributed by atoms with Crippen LogP contribution in [0.1, 0.15) is 45.1 Å². The Balaban J connectivity index is 1.47. The Kier molecular flexibility index (Phi) is 7.26. The summed E-state index contributed by atoms with van der Waals surface area (Å²) in [7, 11) is 0. The lowest BCUT2D eigenvalue weighted by Gasteiger charge is -2.31. The zero-order chi connectivity index (χ0) is 24.2. The Labute approximate surface area is 202 Å². The highest BCUT2D eigenvalue weighted by Crippen LogP contribution is 2.29. The number of fused-ring (bicyclic) bond motifs is 1. The molecule has 0 spiro atoms. The van der Waals surface area contributed by atoms with Gasteiger partial charge in [-0.3, -0.25) is 19.0 Å². The van der Waals surface area contributed by atoms with Gasteiger partial charge in [0.1, 0.15) is 17.6 Å². The Hall–Kier alpha value is -3.27. The van der Waals surface area contributed by atoms with E-state index in [1.54, 1.807) is 0 Å². The van der Waals surface area contributed by atoms with Crippen LogP contribution >= 0.6 is 11.3 Å². The maximum atomic E-state index is 13.0. The number of anilines is 2. The van der Waals surface area contributed by atoms with Gasteiger partial charge in [0.15, 0.2) is 10.8 Å². The lowest BCUT2D eigenvalue weighted by Crippen LogP contribution is -2.43. The van der Waals surface area contributed by atoms with Gasteiger partial charge in [0.2, 0.25) is 11.8 Å². The molecule has 4 rings (SSSR count). The van der Waals surface area contributed by atoms with Gasteiger partial charge in [-0.2, -0.15) is 4.98 Å². The van der Waals surface area contributed by atoms with Crippen molar-refractivity contribution in [1.29, 1.82) is 0 Å². The van der Waals surface area contributed by atoms with Crippen LogP contribution < -0.4 is 21.1 Å². The van der Waals surface area contributed by atoms with Crippen molar-refractivity contribution < 1.29 is 9.59 Å². The van der Waals surface area contributed by atoms with E-state index in [2.05, 4.69) is 34.4 Å². The number of benzene rings is 1. The van der Waals surface area contributed by atoms with Gasteiger partial charge >= 0.3 is 0 Å². The number of nitrogens with zero attached hydrogens (tertiary/aromatic N) is 4. The van der Waals surface area contributed by atoms with Crippen molar-refractivity contribution in [2.45, 2.75) is 46.1 Å². The molecule has 2 amide bonds. The molecule has 180 valence electrons. The summed E-state index contributed by atoms with van der Waals surface area (Å²) in [5.74, 6) is 0.0723. The van der Waals surface area contributed by atoms with Crippen molar-refractivity contribution in [2.24, 2.45) is 5.92 Å². The maximum absolute atomic E-state index is 13.0. The molecule has 1 atom stereocenters. The summed E-state index contributed by atoms with van der Waals surface area (Å²) in [6.07, 6.45) is 3.09. The molecule has 2 aromatic heterocycles. The summed E-state index contributed by atoms with van der Waals surface area (Å²) in [6.45, 7) is 7.95. The normalized spacial score (nSPS) is 16.1. The van der Waals surface area contributed by atoms with Crippen molar-refractivity contribution in [3.63, 3.8) is 0 Å².